The van der Waals surface area contributed by atoms with Crippen molar-refractivity contribution in [2.24, 2.45) is 0 Å². The van der Waals surface area contributed by atoms with Gasteiger partial charge in [0.1, 0.15) is 5.82 Å². The van der Waals surface area contributed by atoms with E-state index >= 15 is 0 Å². The number of carbonyl (C=O) groups excluding carboxylic acids is 1. The third kappa shape index (κ3) is 3.93. The largest absolute Gasteiger partial charge is 0.481 e. The van der Waals surface area contributed by atoms with E-state index in [0.717, 1.165) is 18.4 Å². The number of carboxylic acid groups (broad SMARTS) is 1. The van der Waals surface area contributed by atoms with Crippen molar-refractivity contribution in [2.75, 3.05) is 5.32 Å². The zero-order chi connectivity index (χ0) is 15.5. The summed E-state index contributed by atoms with van der Waals surface area (Å²) in [6, 6.07) is 3.95. The van der Waals surface area contributed by atoms with E-state index in [0.29, 0.717) is 12.8 Å². The Morgan fingerprint density at radius 2 is 2.00 bits per heavy atom. The van der Waals surface area contributed by atoms with Crippen LogP contribution in [0.4, 0.5) is 14.9 Å². The fourth-order valence-electron chi connectivity index (χ4n) is 2.80. The highest BCUT2D eigenvalue weighted by atomic mass is 19.1. The van der Waals surface area contributed by atoms with Gasteiger partial charge >= 0.3 is 12.0 Å². The highest BCUT2D eigenvalue weighted by Crippen LogP contribution is 2.32. The first-order valence-electron chi connectivity index (χ1n) is 6.97. The Bertz CT molecular complexity index is 554. The number of aryl methyl sites for hydroxylation is 1. The van der Waals surface area contributed by atoms with Crippen LogP contribution in [0.5, 0.6) is 0 Å². The van der Waals surface area contributed by atoms with E-state index in [4.69, 9.17) is 5.11 Å². The number of benzene rings is 1. The Balaban J connectivity index is 2.04. The second kappa shape index (κ2) is 6.11. The summed E-state index contributed by atoms with van der Waals surface area (Å²) in [6.45, 7) is 1.76. The molecule has 0 aromatic heterocycles. The van der Waals surface area contributed by atoms with Crippen LogP contribution in [0, 0.1) is 12.7 Å². The van der Waals surface area contributed by atoms with Gasteiger partial charge in [-0.15, -0.1) is 0 Å². The third-order valence-corrected chi connectivity index (χ3v) is 3.80. The van der Waals surface area contributed by atoms with Gasteiger partial charge in [-0.2, -0.15) is 0 Å². The lowest BCUT2D eigenvalue weighted by molar-refractivity contribution is -0.138. The molecular weight excluding hydrogens is 275 g/mol. The van der Waals surface area contributed by atoms with E-state index < -0.39 is 23.4 Å². The summed E-state index contributed by atoms with van der Waals surface area (Å²) in [4.78, 5) is 23.0. The second-order valence-corrected chi connectivity index (χ2v) is 5.62. The predicted octanol–water partition coefficient (Wildman–Crippen LogP) is 3.04. The lowest BCUT2D eigenvalue weighted by atomic mass is 9.93. The fourth-order valence-corrected chi connectivity index (χ4v) is 2.80. The smallest absolute Gasteiger partial charge is 0.319 e. The van der Waals surface area contributed by atoms with Crippen LogP contribution in [-0.4, -0.2) is 22.6 Å². The van der Waals surface area contributed by atoms with Crippen molar-refractivity contribution >= 4 is 17.7 Å². The molecule has 1 fully saturated rings. The van der Waals surface area contributed by atoms with Crippen LogP contribution < -0.4 is 10.6 Å². The van der Waals surface area contributed by atoms with E-state index in [9.17, 15) is 14.0 Å². The lowest BCUT2D eigenvalue weighted by Crippen LogP contribution is -2.49. The first-order valence-corrected chi connectivity index (χ1v) is 6.97. The highest BCUT2D eigenvalue weighted by Gasteiger charge is 2.37. The summed E-state index contributed by atoms with van der Waals surface area (Å²) in [5.41, 5.74) is 0.120. The van der Waals surface area contributed by atoms with Gasteiger partial charge in [0.05, 0.1) is 17.6 Å². The van der Waals surface area contributed by atoms with E-state index in [1.807, 2.05) is 0 Å². The summed E-state index contributed by atoms with van der Waals surface area (Å²) in [7, 11) is 0. The van der Waals surface area contributed by atoms with Crippen LogP contribution in [0.2, 0.25) is 0 Å². The molecule has 114 valence electrons. The Labute approximate surface area is 122 Å². The standard InChI is InChI=1S/C15H19FN2O3/c1-10-4-5-12(11(16)8-10)17-14(21)18-15(9-13(19)20)6-2-3-7-15/h4-5,8H,2-3,6-7,9H2,1H3,(H,19,20)(H2,17,18,21). The normalized spacial score (nSPS) is 16.5. The number of nitrogens with one attached hydrogen (secondary N) is 2. The molecular formula is C15H19FN2O3. The van der Waals surface area contributed by atoms with Gasteiger partial charge in [0.2, 0.25) is 0 Å². The van der Waals surface area contributed by atoms with Gasteiger partial charge in [0.15, 0.2) is 0 Å². The molecule has 0 spiro atoms. The number of urea groups is 1. The molecule has 0 aliphatic heterocycles. The minimum atomic E-state index is -0.946. The summed E-state index contributed by atoms with van der Waals surface area (Å²) in [5.74, 6) is -1.46. The van der Waals surface area contributed by atoms with Gasteiger partial charge < -0.3 is 15.7 Å². The molecule has 0 radical (unpaired) electrons. The summed E-state index contributed by atoms with van der Waals surface area (Å²) >= 11 is 0. The zero-order valence-electron chi connectivity index (χ0n) is 11.9. The third-order valence-electron chi connectivity index (χ3n) is 3.80. The number of rotatable bonds is 4. The molecule has 5 nitrogen and oxygen atoms in total. The number of hydrogen-bond acceptors (Lipinski definition) is 2. The molecule has 2 rings (SSSR count). The predicted molar refractivity (Wildman–Crippen MR) is 76.7 cm³/mol. The lowest BCUT2D eigenvalue weighted by Gasteiger charge is -2.28. The number of hydrogen-bond donors (Lipinski definition) is 3. The number of anilines is 1. The molecule has 0 bridgehead atoms. The highest BCUT2D eigenvalue weighted by molar-refractivity contribution is 5.90. The maximum Gasteiger partial charge on any atom is 0.319 e. The minimum absolute atomic E-state index is 0.0848. The van der Waals surface area contributed by atoms with Gasteiger partial charge in [-0.3, -0.25) is 4.79 Å². The van der Waals surface area contributed by atoms with E-state index in [1.54, 1.807) is 13.0 Å². The van der Waals surface area contributed by atoms with Crippen molar-refractivity contribution in [3.05, 3.63) is 29.6 Å². The minimum Gasteiger partial charge on any atom is -0.481 e. The summed E-state index contributed by atoms with van der Waals surface area (Å²) in [6.07, 6.45) is 2.90. The average molecular weight is 294 g/mol. The average Bonchev–Trinajstić information content (AvgIpc) is 2.80. The van der Waals surface area contributed by atoms with Gasteiger partial charge in [-0.05, 0) is 37.5 Å². The van der Waals surface area contributed by atoms with E-state index in [2.05, 4.69) is 10.6 Å². The van der Waals surface area contributed by atoms with Crippen LogP contribution in [-0.2, 0) is 4.79 Å². The zero-order valence-corrected chi connectivity index (χ0v) is 11.9. The molecule has 6 heteroatoms. The fraction of sp³-hybridized carbons (Fsp3) is 0.467. The SMILES string of the molecule is Cc1ccc(NC(=O)NC2(CC(=O)O)CCCC2)c(F)c1. The van der Waals surface area contributed by atoms with E-state index in [1.165, 1.54) is 12.1 Å². The molecule has 0 atom stereocenters. The number of carbonyl (C=O) groups is 2. The Morgan fingerprint density at radius 1 is 1.33 bits per heavy atom. The van der Waals surface area contributed by atoms with Crippen LogP contribution >= 0.6 is 0 Å². The Hall–Kier alpha value is -2.11. The molecule has 0 heterocycles. The monoisotopic (exact) mass is 294 g/mol. The molecule has 1 aliphatic carbocycles. The molecule has 2 amide bonds. The maximum atomic E-state index is 13.7. The maximum absolute atomic E-state index is 13.7. The first-order chi connectivity index (χ1) is 9.90. The van der Waals surface area contributed by atoms with Crippen molar-refractivity contribution in [1.82, 2.24) is 5.32 Å². The quantitative estimate of drug-likeness (QED) is 0.798. The van der Waals surface area contributed by atoms with Crippen molar-refractivity contribution in [2.45, 2.75) is 44.6 Å². The first kappa shape index (κ1) is 15.3. The molecule has 3 N–H and O–H groups in total. The van der Waals surface area contributed by atoms with Crippen molar-refractivity contribution in [3.8, 4) is 0 Å². The van der Waals surface area contributed by atoms with Crippen molar-refractivity contribution in [3.63, 3.8) is 0 Å². The van der Waals surface area contributed by atoms with Crippen LogP contribution in [0.1, 0.15) is 37.7 Å². The van der Waals surface area contributed by atoms with Crippen molar-refractivity contribution in [1.29, 1.82) is 0 Å². The summed E-state index contributed by atoms with van der Waals surface area (Å²) < 4.78 is 13.7. The van der Waals surface area contributed by atoms with Crippen LogP contribution in [0.25, 0.3) is 0 Å². The molecule has 0 saturated heterocycles. The number of halogens is 1. The molecule has 1 aromatic carbocycles. The Kier molecular flexibility index (Phi) is 4.45. The number of amides is 2. The molecule has 1 saturated carbocycles. The van der Waals surface area contributed by atoms with Crippen LogP contribution in [0.3, 0.4) is 0 Å². The molecule has 21 heavy (non-hydrogen) atoms. The summed E-state index contributed by atoms with van der Waals surface area (Å²) in [5, 5.41) is 14.1. The van der Waals surface area contributed by atoms with Gasteiger partial charge in [-0.25, -0.2) is 9.18 Å². The molecule has 1 aliphatic rings. The van der Waals surface area contributed by atoms with Crippen molar-refractivity contribution < 1.29 is 19.1 Å². The van der Waals surface area contributed by atoms with Gasteiger partial charge in [0.25, 0.3) is 0 Å². The van der Waals surface area contributed by atoms with Gasteiger partial charge in [0, 0.05) is 0 Å². The Morgan fingerprint density at radius 3 is 2.57 bits per heavy atom. The topological polar surface area (TPSA) is 78.4 Å². The molecule has 0 unspecified atom stereocenters. The number of aliphatic carboxylic acids is 1. The van der Waals surface area contributed by atoms with E-state index in [-0.39, 0.29) is 12.1 Å². The molecule has 1 aromatic rings. The van der Waals surface area contributed by atoms with Crippen LogP contribution in [0.15, 0.2) is 18.2 Å². The number of carboxylic acids is 1. The second-order valence-electron chi connectivity index (χ2n) is 5.62. The van der Waals surface area contributed by atoms with Gasteiger partial charge in [-0.1, -0.05) is 18.9 Å².